The van der Waals surface area contributed by atoms with Crippen LogP contribution in [0.3, 0.4) is 0 Å². The summed E-state index contributed by atoms with van der Waals surface area (Å²) < 4.78 is 0. The average Bonchev–Trinajstić information content (AvgIpc) is 2.42. The minimum absolute atomic E-state index is 0. The predicted molar refractivity (Wildman–Crippen MR) is 83.9 cm³/mol. The Morgan fingerprint density at radius 2 is 1.81 bits per heavy atom. The van der Waals surface area contributed by atoms with Gasteiger partial charge in [0.05, 0.1) is 12.5 Å². The van der Waals surface area contributed by atoms with E-state index in [9.17, 15) is 9.59 Å². The molecule has 0 unspecified atom stereocenters. The lowest BCUT2D eigenvalue weighted by Gasteiger charge is -2.29. The molecule has 2 N–H and O–H groups in total. The Morgan fingerprint density at radius 3 is 2.33 bits per heavy atom. The highest BCUT2D eigenvalue weighted by Gasteiger charge is 2.25. The smallest absolute Gasteiger partial charge is 0.306 e. The molecule has 0 radical (unpaired) electrons. The Balaban J connectivity index is 0.00000220. The molecule has 1 aliphatic heterocycles. The highest BCUT2D eigenvalue weighted by Crippen LogP contribution is 2.17. The topological polar surface area (TPSA) is 69.6 Å². The maximum absolute atomic E-state index is 11.9. The predicted octanol–water partition coefficient (Wildman–Crippen LogP) is 2.15. The molecule has 0 spiro atoms. The first kappa shape index (κ1) is 17.5. The summed E-state index contributed by atoms with van der Waals surface area (Å²) >= 11 is 0. The molecule has 1 heterocycles. The second-order valence-corrected chi connectivity index (χ2v) is 5.30. The molecular weight excluding hydrogens is 292 g/mol. The molecule has 1 aromatic rings. The maximum Gasteiger partial charge on any atom is 0.306 e. The zero-order valence-corrected chi connectivity index (χ0v) is 12.9. The van der Waals surface area contributed by atoms with Gasteiger partial charge in [0.25, 0.3) is 0 Å². The zero-order chi connectivity index (χ0) is 14.5. The van der Waals surface area contributed by atoms with Crippen LogP contribution in [0.2, 0.25) is 0 Å². The molecule has 116 valence electrons. The van der Waals surface area contributed by atoms with E-state index in [0.717, 1.165) is 11.3 Å². The number of carboxylic acid groups (broad SMARTS) is 1. The summed E-state index contributed by atoms with van der Waals surface area (Å²) in [5, 5.41) is 11.8. The number of halogens is 1. The van der Waals surface area contributed by atoms with E-state index in [4.69, 9.17) is 5.11 Å². The molecule has 6 heteroatoms. The Labute approximate surface area is 130 Å². The van der Waals surface area contributed by atoms with Crippen LogP contribution in [0.15, 0.2) is 24.3 Å². The number of carboxylic acids is 1. The molecule has 1 aromatic carbocycles. The first-order valence-electron chi connectivity index (χ1n) is 6.86. The molecule has 1 fully saturated rings. The van der Waals surface area contributed by atoms with Crippen molar-refractivity contribution in [3.63, 3.8) is 0 Å². The number of nitrogens with zero attached hydrogens (tertiary/aromatic N) is 1. The van der Waals surface area contributed by atoms with Crippen LogP contribution in [0.5, 0.6) is 0 Å². The van der Waals surface area contributed by atoms with Crippen LogP contribution in [0.4, 0.5) is 5.69 Å². The first-order valence-corrected chi connectivity index (χ1v) is 6.86. The zero-order valence-electron chi connectivity index (χ0n) is 12.0. The quantitative estimate of drug-likeness (QED) is 0.894. The van der Waals surface area contributed by atoms with Crippen molar-refractivity contribution in [3.8, 4) is 0 Å². The normalized spacial score (nSPS) is 16.0. The summed E-state index contributed by atoms with van der Waals surface area (Å²) in [7, 11) is 0. The SMILES string of the molecule is Cc1ccc(NC(=O)CN2CCC(C(=O)O)CC2)cc1.Cl. The third-order valence-electron chi connectivity index (χ3n) is 3.64. The lowest BCUT2D eigenvalue weighted by atomic mass is 9.97. The lowest BCUT2D eigenvalue weighted by molar-refractivity contribution is -0.143. The highest BCUT2D eigenvalue weighted by molar-refractivity contribution is 5.92. The summed E-state index contributed by atoms with van der Waals surface area (Å²) in [6, 6.07) is 7.66. The van der Waals surface area contributed by atoms with Crippen molar-refractivity contribution >= 4 is 30.0 Å². The van der Waals surface area contributed by atoms with E-state index in [0.29, 0.717) is 32.5 Å². The number of anilines is 1. The second kappa shape index (κ2) is 8.00. The monoisotopic (exact) mass is 312 g/mol. The summed E-state index contributed by atoms with van der Waals surface area (Å²) in [6.07, 6.45) is 1.24. The fourth-order valence-corrected chi connectivity index (χ4v) is 2.38. The lowest BCUT2D eigenvalue weighted by Crippen LogP contribution is -2.40. The number of likely N-dealkylation sites (tertiary alicyclic amines) is 1. The number of hydrogen-bond donors (Lipinski definition) is 2. The molecule has 21 heavy (non-hydrogen) atoms. The van der Waals surface area contributed by atoms with Gasteiger partial charge in [-0.05, 0) is 45.0 Å². The minimum atomic E-state index is -0.728. The van der Waals surface area contributed by atoms with Crippen LogP contribution in [0, 0.1) is 12.8 Å². The summed E-state index contributed by atoms with van der Waals surface area (Å²) in [5.74, 6) is -1.04. The van der Waals surface area contributed by atoms with Crippen molar-refractivity contribution in [1.29, 1.82) is 0 Å². The fraction of sp³-hybridized carbons (Fsp3) is 0.467. The van der Waals surface area contributed by atoms with Crippen LogP contribution >= 0.6 is 12.4 Å². The Kier molecular flexibility index (Phi) is 6.65. The molecule has 0 saturated carbocycles. The fourth-order valence-electron chi connectivity index (χ4n) is 2.38. The number of aliphatic carboxylic acids is 1. The standard InChI is InChI=1S/C15H20N2O3.ClH/c1-11-2-4-13(5-3-11)16-14(18)10-17-8-6-12(7-9-17)15(19)20;/h2-5,12H,6-10H2,1H3,(H,16,18)(H,19,20);1H. The largest absolute Gasteiger partial charge is 0.481 e. The van der Waals surface area contributed by atoms with E-state index in [-0.39, 0.29) is 24.2 Å². The van der Waals surface area contributed by atoms with Gasteiger partial charge in [-0.3, -0.25) is 14.5 Å². The molecule has 1 aliphatic rings. The number of hydrogen-bond acceptors (Lipinski definition) is 3. The van der Waals surface area contributed by atoms with Gasteiger partial charge in [-0.25, -0.2) is 0 Å². The van der Waals surface area contributed by atoms with Crippen molar-refractivity contribution < 1.29 is 14.7 Å². The Hall–Kier alpha value is -1.59. The third-order valence-corrected chi connectivity index (χ3v) is 3.64. The van der Waals surface area contributed by atoms with Crippen LogP contribution < -0.4 is 5.32 Å². The molecule has 0 atom stereocenters. The van der Waals surface area contributed by atoms with Gasteiger partial charge >= 0.3 is 5.97 Å². The van der Waals surface area contributed by atoms with E-state index in [1.54, 1.807) is 0 Å². The number of piperidine rings is 1. The summed E-state index contributed by atoms with van der Waals surface area (Å²) in [5.41, 5.74) is 1.94. The van der Waals surface area contributed by atoms with Crippen LogP contribution in [-0.4, -0.2) is 41.5 Å². The van der Waals surface area contributed by atoms with Gasteiger partial charge in [0.2, 0.25) is 5.91 Å². The minimum Gasteiger partial charge on any atom is -0.481 e. The van der Waals surface area contributed by atoms with E-state index in [1.165, 1.54) is 0 Å². The Bertz CT molecular complexity index is 482. The maximum atomic E-state index is 11.9. The van der Waals surface area contributed by atoms with Crippen molar-refractivity contribution in [2.75, 3.05) is 25.0 Å². The van der Waals surface area contributed by atoms with Gasteiger partial charge < -0.3 is 10.4 Å². The van der Waals surface area contributed by atoms with Crippen molar-refractivity contribution in [1.82, 2.24) is 4.90 Å². The van der Waals surface area contributed by atoms with Crippen molar-refractivity contribution in [2.24, 2.45) is 5.92 Å². The van der Waals surface area contributed by atoms with Gasteiger partial charge in [-0.1, -0.05) is 17.7 Å². The average molecular weight is 313 g/mol. The molecule has 2 rings (SSSR count). The van der Waals surface area contributed by atoms with Crippen LogP contribution in [0.25, 0.3) is 0 Å². The van der Waals surface area contributed by atoms with Crippen molar-refractivity contribution in [2.45, 2.75) is 19.8 Å². The van der Waals surface area contributed by atoms with Gasteiger partial charge in [0.1, 0.15) is 0 Å². The number of carbonyl (C=O) groups is 2. The molecule has 0 aromatic heterocycles. The van der Waals surface area contributed by atoms with Gasteiger partial charge in [-0.2, -0.15) is 0 Å². The van der Waals surface area contributed by atoms with Gasteiger partial charge in [-0.15, -0.1) is 12.4 Å². The van der Waals surface area contributed by atoms with E-state index in [2.05, 4.69) is 5.32 Å². The summed E-state index contributed by atoms with van der Waals surface area (Å²) in [4.78, 5) is 24.8. The molecule has 0 aliphatic carbocycles. The second-order valence-electron chi connectivity index (χ2n) is 5.30. The number of benzene rings is 1. The number of nitrogens with one attached hydrogen (secondary N) is 1. The van der Waals surface area contributed by atoms with Crippen molar-refractivity contribution in [3.05, 3.63) is 29.8 Å². The van der Waals surface area contributed by atoms with E-state index < -0.39 is 5.97 Å². The van der Waals surface area contributed by atoms with Gasteiger partial charge in [0, 0.05) is 5.69 Å². The Morgan fingerprint density at radius 1 is 1.24 bits per heavy atom. The van der Waals surface area contributed by atoms with Gasteiger partial charge in [0.15, 0.2) is 0 Å². The van der Waals surface area contributed by atoms with E-state index in [1.807, 2.05) is 36.1 Å². The number of amides is 1. The van der Waals surface area contributed by atoms with Crippen LogP contribution in [-0.2, 0) is 9.59 Å². The highest BCUT2D eigenvalue weighted by atomic mass is 35.5. The third kappa shape index (κ3) is 5.36. The van der Waals surface area contributed by atoms with Crippen LogP contribution in [0.1, 0.15) is 18.4 Å². The molecule has 1 amide bonds. The first-order chi connectivity index (χ1) is 9.54. The number of carbonyl (C=O) groups excluding carboxylic acids is 1. The molecule has 1 saturated heterocycles. The molecule has 5 nitrogen and oxygen atoms in total. The molecule has 0 bridgehead atoms. The number of rotatable bonds is 4. The number of aryl methyl sites for hydroxylation is 1. The molecular formula is C15H21ClN2O3. The summed E-state index contributed by atoms with van der Waals surface area (Å²) in [6.45, 7) is 3.65. The van der Waals surface area contributed by atoms with E-state index >= 15 is 0 Å².